The minimum Gasteiger partial charge on any atom is -0.343 e. The number of likely N-dealkylation sites (N-methyl/N-ethyl adjacent to an activating group) is 2. The molecular formula is C23H27N5O2. The lowest BCUT2D eigenvalue weighted by atomic mass is 10.1. The van der Waals surface area contributed by atoms with Gasteiger partial charge < -0.3 is 10.2 Å². The van der Waals surface area contributed by atoms with Crippen LogP contribution in [0.15, 0.2) is 60.7 Å². The Labute approximate surface area is 177 Å². The molecule has 30 heavy (non-hydrogen) atoms. The van der Waals surface area contributed by atoms with E-state index in [1.54, 1.807) is 12.1 Å². The average molecular weight is 406 g/mol. The summed E-state index contributed by atoms with van der Waals surface area (Å²) in [6, 6.07) is 18.9. The van der Waals surface area contributed by atoms with Gasteiger partial charge in [0.05, 0.1) is 10.6 Å². The van der Waals surface area contributed by atoms with Crippen LogP contribution in [0.2, 0.25) is 0 Å². The van der Waals surface area contributed by atoms with Crippen molar-refractivity contribution in [2.75, 3.05) is 32.1 Å². The van der Waals surface area contributed by atoms with E-state index in [0.29, 0.717) is 5.95 Å². The lowest BCUT2D eigenvalue weighted by molar-refractivity contribution is -0.384. The molecule has 156 valence electrons. The summed E-state index contributed by atoms with van der Waals surface area (Å²) >= 11 is 0. The molecule has 7 heteroatoms. The van der Waals surface area contributed by atoms with Gasteiger partial charge in [0.25, 0.3) is 5.69 Å². The molecule has 0 spiro atoms. The Morgan fingerprint density at radius 1 is 1.03 bits per heavy atom. The molecule has 1 aromatic heterocycles. The van der Waals surface area contributed by atoms with Gasteiger partial charge in [-0.3, -0.25) is 10.1 Å². The summed E-state index contributed by atoms with van der Waals surface area (Å²) in [7, 11) is 3.89. The highest BCUT2D eigenvalue weighted by atomic mass is 16.6. The molecule has 7 nitrogen and oxygen atoms in total. The largest absolute Gasteiger partial charge is 0.343 e. The first-order chi connectivity index (χ1) is 14.6. The molecule has 0 unspecified atom stereocenters. The van der Waals surface area contributed by atoms with E-state index < -0.39 is 4.92 Å². The van der Waals surface area contributed by atoms with E-state index in [-0.39, 0.29) is 5.69 Å². The van der Waals surface area contributed by atoms with Gasteiger partial charge in [-0.1, -0.05) is 30.3 Å². The zero-order valence-electron chi connectivity index (χ0n) is 17.4. The van der Waals surface area contributed by atoms with Crippen LogP contribution < -0.4 is 10.2 Å². The van der Waals surface area contributed by atoms with Crippen LogP contribution in [0, 0.1) is 10.1 Å². The normalized spacial score (nSPS) is 10.7. The third-order valence-electron chi connectivity index (χ3n) is 4.92. The summed E-state index contributed by atoms with van der Waals surface area (Å²) < 4.78 is 0. The predicted octanol–water partition coefficient (Wildman–Crippen LogP) is 3.88. The van der Waals surface area contributed by atoms with E-state index >= 15 is 0 Å². The number of anilines is 1. The van der Waals surface area contributed by atoms with Crippen LogP contribution in [0.4, 0.5) is 11.6 Å². The predicted molar refractivity (Wildman–Crippen MR) is 120 cm³/mol. The van der Waals surface area contributed by atoms with Gasteiger partial charge in [0.15, 0.2) is 0 Å². The monoisotopic (exact) mass is 405 g/mol. The minimum atomic E-state index is -0.393. The van der Waals surface area contributed by atoms with Gasteiger partial charge in [-0.2, -0.15) is 0 Å². The Hall–Kier alpha value is -3.32. The standard InChI is InChI=1S/C23H27N5O2/c1-24-15-16-27(2)23-25-20(10-6-9-18-7-4-3-5-8-18)17-22(26-23)19-11-13-21(14-12-19)28(29)30/h3-5,7-8,11-14,17,24H,6,9-10,15-16H2,1-2H3. The zero-order valence-corrected chi connectivity index (χ0v) is 17.4. The highest BCUT2D eigenvalue weighted by Gasteiger charge is 2.12. The third-order valence-corrected chi connectivity index (χ3v) is 4.92. The maximum atomic E-state index is 10.9. The lowest BCUT2D eigenvalue weighted by Crippen LogP contribution is -2.28. The van der Waals surface area contributed by atoms with Crippen molar-refractivity contribution in [2.24, 2.45) is 0 Å². The number of aromatic nitrogens is 2. The summed E-state index contributed by atoms with van der Waals surface area (Å²) in [5, 5.41) is 14.1. The number of benzene rings is 2. The fraction of sp³-hybridized carbons (Fsp3) is 0.304. The van der Waals surface area contributed by atoms with Gasteiger partial charge in [-0.05, 0) is 50.1 Å². The lowest BCUT2D eigenvalue weighted by Gasteiger charge is -2.18. The first kappa shape index (κ1) is 21.4. The molecule has 0 aliphatic rings. The molecule has 0 amide bonds. The fourth-order valence-corrected chi connectivity index (χ4v) is 3.18. The van der Waals surface area contributed by atoms with Crippen molar-refractivity contribution >= 4 is 11.6 Å². The van der Waals surface area contributed by atoms with Crippen LogP contribution in [-0.4, -0.2) is 42.1 Å². The number of non-ortho nitro benzene ring substituents is 1. The maximum Gasteiger partial charge on any atom is 0.269 e. The Balaban J connectivity index is 1.83. The quantitative estimate of drug-likeness (QED) is 0.407. The van der Waals surface area contributed by atoms with Gasteiger partial charge in [0, 0.05) is 43.5 Å². The summed E-state index contributed by atoms with van der Waals surface area (Å²) in [6.45, 7) is 1.61. The topological polar surface area (TPSA) is 84.2 Å². The van der Waals surface area contributed by atoms with Crippen LogP contribution in [0.1, 0.15) is 17.7 Å². The average Bonchev–Trinajstić information content (AvgIpc) is 2.78. The van der Waals surface area contributed by atoms with Crippen LogP contribution in [0.25, 0.3) is 11.3 Å². The molecule has 3 rings (SSSR count). The highest BCUT2D eigenvalue weighted by Crippen LogP contribution is 2.24. The zero-order chi connectivity index (χ0) is 21.3. The molecule has 0 aliphatic carbocycles. The van der Waals surface area contributed by atoms with E-state index in [9.17, 15) is 10.1 Å². The van der Waals surface area contributed by atoms with E-state index in [1.807, 2.05) is 31.1 Å². The molecule has 1 heterocycles. The Morgan fingerprint density at radius 3 is 2.43 bits per heavy atom. The highest BCUT2D eigenvalue weighted by molar-refractivity contribution is 5.62. The molecule has 0 fully saturated rings. The molecule has 2 aromatic carbocycles. The summed E-state index contributed by atoms with van der Waals surface area (Å²) in [5.41, 5.74) is 3.98. The van der Waals surface area contributed by atoms with Crippen molar-refractivity contribution < 1.29 is 4.92 Å². The number of hydrogen-bond acceptors (Lipinski definition) is 6. The van der Waals surface area contributed by atoms with Gasteiger partial charge in [-0.25, -0.2) is 9.97 Å². The van der Waals surface area contributed by atoms with Crippen molar-refractivity contribution in [3.63, 3.8) is 0 Å². The van der Waals surface area contributed by atoms with E-state index in [0.717, 1.165) is 49.3 Å². The van der Waals surface area contributed by atoms with Crippen molar-refractivity contribution in [2.45, 2.75) is 19.3 Å². The number of nitrogens with zero attached hydrogens (tertiary/aromatic N) is 4. The second-order valence-electron chi connectivity index (χ2n) is 7.21. The van der Waals surface area contributed by atoms with E-state index in [4.69, 9.17) is 9.97 Å². The number of nitro groups is 1. The molecule has 0 radical (unpaired) electrons. The summed E-state index contributed by atoms with van der Waals surface area (Å²) in [4.78, 5) is 22.1. The van der Waals surface area contributed by atoms with Crippen LogP contribution >= 0.6 is 0 Å². The van der Waals surface area contributed by atoms with Crippen LogP contribution in [-0.2, 0) is 12.8 Å². The summed E-state index contributed by atoms with van der Waals surface area (Å²) in [5.74, 6) is 0.663. The Bertz CT molecular complexity index is 961. The molecule has 0 bridgehead atoms. The second-order valence-corrected chi connectivity index (χ2v) is 7.21. The Kier molecular flexibility index (Phi) is 7.45. The molecule has 0 saturated carbocycles. The number of nitro benzene ring substituents is 1. The molecule has 0 saturated heterocycles. The van der Waals surface area contributed by atoms with Crippen molar-refractivity contribution in [3.05, 3.63) is 82.0 Å². The van der Waals surface area contributed by atoms with Gasteiger partial charge >= 0.3 is 0 Å². The Morgan fingerprint density at radius 2 is 1.77 bits per heavy atom. The van der Waals surface area contributed by atoms with Gasteiger partial charge in [-0.15, -0.1) is 0 Å². The van der Waals surface area contributed by atoms with Crippen LogP contribution in [0.3, 0.4) is 0 Å². The van der Waals surface area contributed by atoms with E-state index in [2.05, 4.69) is 29.6 Å². The first-order valence-corrected chi connectivity index (χ1v) is 10.1. The van der Waals surface area contributed by atoms with E-state index in [1.165, 1.54) is 17.7 Å². The smallest absolute Gasteiger partial charge is 0.269 e. The molecular weight excluding hydrogens is 378 g/mol. The molecule has 1 N–H and O–H groups in total. The SMILES string of the molecule is CNCCN(C)c1nc(CCCc2ccccc2)cc(-c2ccc([N+](=O)[O-])cc2)n1. The summed E-state index contributed by atoms with van der Waals surface area (Å²) in [6.07, 6.45) is 2.81. The van der Waals surface area contributed by atoms with Crippen molar-refractivity contribution in [3.8, 4) is 11.3 Å². The molecule has 0 aliphatic heterocycles. The molecule has 0 atom stereocenters. The number of nitrogens with one attached hydrogen (secondary N) is 1. The third kappa shape index (κ3) is 5.84. The van der Waals surface area contributed by atoms with Gasteiger partial charge in [0.2, 0.25) is 5.95 Å². The van der Waals surface area contributed by atoms with Crippen molar-refractivity contribution in [1.29, 1.82) is 0 Å². The first-order valence-electron chi connectivity index (χ1n) is 10.1. The van der Waals surface area contributed by atoms with Gasteiger partial charge in [0.1, 0.15) is 0 Å². The molecule has 3 aromatic rings. The fourth-order valence-electron chi connectivity index (χ4n) is 3.18. The second kappa shape index (κ2) is 10.5. The maximum absolute atomic E-state index is 10.9. The minimum absolute atomic E-state index is 0.0715. The number of aryl methyl sites for hydroxylation is 2. The number of hydrogen-bond donors (Lipinski definition) is 1. The van der Waals surface area contributed by atoms with Crippen molar-refractivity contribution in [1.82, 2.24) is 15.3 Å². The van der Waals surface area contributed by atoms with Crippen LogP contribution in [0.5, 0.6) is 0 Å². The number of rotatable bonds is 10.